The van der Waals surface area contributed by atoms with Gasteiger partial charge in [0.1, 0.15) is 6.54 Å². The number of methoxy groups -OCH3 is 1. The molecule has 118 valence electrons. The molecule has 6 nitrogen and oxygen atoms in total. The third-order valence-corrected chi connectivity index (χ3v) is 3.58. The first-order valence-corrected chi connectivity index (χ1v) is 7.25. The number of hydrogen-bond acceptors (Lipinski definition) is 4. The third kappa shape index (κ3) is 3.10. The van der Waals surface area contributed by atoms with Crippen LogP contribution in [0.4, 0.5) is 0 Å². The summed E-state index contributed by atoms with van der Waals surface area (Å²) in [6.07, 6.45) is 0.714. The summed E-state index contributed by atoms with van der Waals surface area (Å²) in [5.41, 5.74) is -0.346. The zero-order chi connectivity index (χ0) is 16.3. The van der Waals surface area contributed by atoms with Crippen molar-refractivity contribution in [3.8, 4) is 0 Å². The van der Waals surface area contributed by atoms with E-state index < -0.39 is 11.7 Å². The summed E-state index contributed by atoms with van der Waals surface area (Å²) in [5.74, 6) is -0.159. The highest BCUT2D eigenvalue weighted by molar-refractivity contribution is 5.79. The Labute approximate surface area is 127 Å². The summed E-state index contributed by atoms with van der Waals surface area (Å²) >= 11 is 0. The quantitative estimate of drug-likeness (QED) is 0.783. The van der Waals surface area contributed by atoms with Crippen molar-refractivity contribution in [2.45, 2.75) is 33.4 Å². The van der Waals surface area contributed by atoms with Crippen molar-refractivity contribution in [2.75, 3.05) is 7.11 Å². The predicted molar refractivity (Wildman–Crippen MR) is 83.9 cm³/mol. The van der Waals surface area contributed by atoms with Gasteiger partial charge in [0.15, 0.2) is 0 Å². The molecule has 0 N–H and O–H groups in total. The molecule has 0 aliphatic heterocycles. The van der Waals surface area contributed by atoms with Crippen molar-refractivity contribution in [1.29, 1.82) is 0 Å². The molecule has 0 aliphatic carbocycles. The normalized spacial score (nSPS) is 11.1. The van der Waals surface area contributed by atoms with Crippen LogP contribution in [0.25, 0.3) is 10.9 Å². The molecule has 6 heteroatoms. The molecule has 0 fully saturated rings. The number of aromatic nitrogens is 2. The van der Waals surface area contributed by atoms with Gasteiger partial charge in [0, 0.05) is 6.54 Å². The summed E-state index contributed by atoms with van der Waals surface area (Å²) in [6, 6.07) is 6.79. The van der Waals surface area contributed by atoms with E-state index in [-0.39, 0.29) is 12.1 Å². The molecule has 1 aromatic carbocycles. The Balaban J connectivity index is 2.68. The predicted octanol–water partition coefficient (Wildman–Crippen LogP) is 1.38. The van der Waals surface area contributed by atoms with Gasteiger partial charge in [0.2, 0.25) is 0 Å². The summed E-state index contributed by atoms with van der Waals surface area (Å²) in [5, 5.41) is 0.426. The summed E-state index contributed by atoms with van der Waals surface area (Å²) in [7, 11) is 1.27. The van der Waals surface area contributed by atoms with Crippen molar-refractivity contribution in [2.24, 2.45) is 5.92 Å². The van der Waals surface area contributed by atoms with Crippen LogP contribution in [0.2, 0.25) is 0 Å². The molecule has 0 unspecified atom stereocenters. The standard InChI is InChI=1S/C16H20N2O4/c1-11(2)8-9-17-15(20)12-6-4-5-7-13(12)18(16(17)21)10-14(19)22-3/h4-7,11H,8-10H2,1-3H3. The summed E-state index contributed by atoms with van der Waals surface area (Å²) < 4.78 is 7.13. The number of benzene rings is 1. The topological polar surface area (TPSA) is 70.3 Å². The average molecular weight is 304 g/mol. The SMILES string of the molecule is COC(=O)Cn1c(=O)n(CCC(C)C)c(=O)c2ccccc21. The highest BCUT2D eigenvalue weighted by Gasteiger charge is 2.15. The van der Waals surface area contributed by atoms with Crippen molar-refractivity contribution < 1.29 is 9.53 Å². The zero-order valence-corrected chi connectivity index (χ0v) is 13.0. The molecule has 1 heterocycles. The molecule has 1 aromatic heterocycles. The zero-order valence-electron chi connectivity index (χ0n) is 13.0. The van der Waals surface area contributed by atoms with Crippen LogP contribution in [0, 0.1) is 5.92 Å². The Morgan fingerprint density at radius 2 is 1.86 bits per heavy atom. The van der Waals surface area contributed by atoms with Crippen LogP contribution in [-0.4, -0.2) is 22.2 Å². The van der Waals surface area contributed by atoms with Crippen LogP contribution < -0.4 is 11.2 Å². The molecule has 0 atom stereocenters. The number of carbonyl (C=O) groups is 1. The van der Waals surface area contributed by atoms with E-state index >= 15 is 0 Å². The molecule has 2 rings (SSSR count). The molecule has 0 radical (unpaired) electrons. The van der Waals surface area contributed by atoms with E-state index in [0.29, 0.717) is 29.8 Å². The third-order valence-electron chi connectivity index (χ3n) is 3.58. The van der Waals surface area contributed by atoms with E-state index in [4.69, 9.17) is 0 Å². The Kier molecular flexibility index (Phi) is 4.80. The van der Waals surface area contributed by atoms with Crippen LogP contribution in [0.15, 0.2) is 33.9 Å². The van der Waals surface area contributed by atoms with Crippen molar-refractivity contribution in [3.63, 3.8) is 0 Å². The van der Waals surface area contributed by atoms with E-state index in [9.17, 15) is 14.4 Å². The second-order valence-corrected chi connectivity index (χ2v) is 5.60. The van der Waals surface area contributed by atoms with Gasteiger partial charge in [-0.2, -0.15) is 0 Å². The largest absolute Gasteiger partial charge is 0.468 e. The number of carbonyl (C=O) groups excluding carboxylic acids is 1. The van der Waals surface area contributed by atoms with Gasteiger partial charge in [-0.05, 0) is 24.5 Å². The van der Waals surface area contributed by atoms with Crippen LogP contribution in [0.5, 0.6) is 0 Å². The molecule has 0 aliphatic rings. The molecule has 0 spiro atoms. The lowest BCUT2D eigenvalue weighted by atomic mass is 10.1. The summed E-state index contributed by atoms with van der Waals surface area (Å²) in [6.45, 7) is 4.18. The van der Waals surface area contributed by atoms with Crippen molar-refractivity contribution in [1.82, 2.24) is 9.13 Å². The van der Waals surface area contributed by atoms with E-state index in [0.717, 1.165) is 0 Å². The van der Waals surface area contributed by atoms with Gasteiger partial charge in [-0.1, -0.05) is 26.0 Å². The second-order valence-electron chi connectivity index (χ2n) is 5.60. The molecule has 22 heavy (non-hydrogen) atoms. The average Bonchev–Trinajstić information content (AvgIpc) is 2.50. The molecular formula is C16H20N2O4. The highest BCUT2D eigenvalue weighted by Crippen LogP contribution is 2.08. The van der Waals surface area contributed by atoms with Gasteiger partial charge < -0.3 is 4.74 Å². The number of ether oxygens (including phenoxy) is 1. The number of fused-ring (bicyclic) bond motifs is 1. The molecule has 0 amide bonds. The lowest BCUT2D eigenvalue weighted by molar-refractivity contribution is -0.141. The molecule has 0 saturated carbocycles. The molecule has 0 saturated heterocycles. The fourth-order valence-corrected chi connectivity index (χ4v) is 2.30. The van der Waals surface area contributed by atoms with E-state index in [1.807, 2.05) is 13.8 Å². The maximum Gasteiger partial charge on any atom is 0.332 e. The minimum atomic E-state index is -0.527. The van der Waals surface area contributed by atoms with Gasteiger partial charge in [-0.3, -0.25) is 18.7 Å². The molecular weight excluding hydrogens is 284 g/mol. The Bertz CT molecular complexity index is 802. The van der Waals surface area contributed by atoms with Crippen LogP contribution in [-0.2, 0) is 22.6 Å². The minimum Gasteiger partial charge on any atom is -0.468 e. The minimum absolute atomic E-state index is 0.211. The van der Waals surface area contributed by atoms with E-state index in [1.165, 1.54) is 16.2 Å². The lowest BCUT2D eigenvalue weighted by Gasteiger charge is -2.14. The molecule has 0 bridgehead atoms. The van der Waals surface area contributed by atoms with Gasteiger partial charge in [-0.25, -0.2) is 4.79 Å². The van der Waals surface area contributed by atoms with Crippen molar-refractivity contribution >= 4 is 16.9 Å². The maximum atomic E-state index is 12.6. The number of nitrogens with zero attached hydrogens (tertiary/aromatic N) is 2. The smallest absolute Gasteiger partial charge is 0.332 e. The number of para-hydroxylation sites is 1. The first kappa shape index (κ1) is 16.0. The van der Waals surface area contributed by atoms with Crippen LogP contribution in [0.1, 0.15) is 20.3 Å². The number of esters is 1. The fraction of sp³-hybridized carbons (Fsp3) is 0.438. The van der Waals surface area contributed by atoms with Gasteiger partial charge in [-0.15, -0.1) is 0 Å². The monoisotopic (exact) mass is 304 g/mol. The molecule has 2 aromatic rings. The van der Waals surface area contributed by atoms with E-state index in [1.54, 1.807) is 24.3 Å². The van der Waals surface area contributed by atoms with Crippen molar-refractivity contribution in [3.05, 3.63) is 45.1 Å². The number of hydrogen-bond donors (Lipinski definition) is 0. The fourth-order valence-electron chi connectivity index (χ4n) is 2.30. The maximum absolute atomic E-state index is 12.6. The lowest BCUT2D eigenvalue weighted by Crippen LogP contribution is -2.41. The van der Waals surface area contributed by atoms with Crippen LogP contribution in [0.3, 0.4) is 0 Å². The Morgan fingerprint density at radius 1 is 1.18 bits per heavy atom. The van der Waals surface area contributed by atoms with E-state index in [2.05, 4.69) is 4.74 Å². The highest BCUT2D eigenvalue weighted by atomic mass is 16.5. The number of rotatable bonds is 5. The first-order chi connectivity index (χ1) is 10.5. The Morgan fingerprint density at radius 3 is 2.50 bits per heavy atom. The van der Waals surface area contributed by atoms with Gasteiger partial charge >= 0.3 is 11.7 Å². The van der Waals surface area contributed by atoms with Gasteiger partial charge in [0.05, 0.1) is 18.0 Å². The Hall–Kier alpha value is -2.37. The van der Waals surface area contributed by atoms with Crippen LogP contribution >= 0.6 is 0 Å². The first-order valence-electron chi connectivity index (χ1n) is 7.25. The summed E-state index contributed by atoms with van der Waals surface area (Å²) in [4.78, 5) is 36.7. The second kappa shape index (κ2) is 6.60. The van der Waals surface area contributed by atoms with Gasteiger partial charge in [0.25, 0.3) is 5.56 Å².